The molecule has 1 aliphatic heterocycles. The summed E-state index contributed by atoms with van der Waals surface area (Å²) in [5.74, 6) is 2.33. The lowest BCUT2D eigenvalue weighted by Gasteiger charge is -2.19. The Bertz CT molecular complexity index is 1060. The molecule has 144 valence electrons. The van der Waals surface area contributed by atoms with Crippen LogP contribution in [-0.4, -0.2) is 25.8 Å². The van der Waals surface area contributed by atoms with Gasteiger partial charge < -0.3 is 15.1 Å². The van der Waals surface area contributed by atoms with Crippen LogP contribution in [-0.2, 0) is 9.59 Å². The van der Waals surface area contributed by atoms with Gasteiger partial charge in [-0.15, -0.1) is 6.42 Å². The van der Waals surface area contributed by atoms with Crippen LogP contribution in [0.25, 0.3) is 0 Å². The van der Waals surface area contributed by atoms with Crippen molar-refractivity contribution in [2.24, 2.45) is 0 Å². The molecule has 3 rings (SSSR count). The van der Waals surface area contributed by atoms with Crippen LogP contribution < -0.4 is 15.1 Å². The average Bonchev–Trinajstić information content (AvgIpc) is 2.98. The maximum absolute atomic E-state index is 12.7. The highest BCUT2D eigenvalue weighted by Crippen LogP contribution is 2.40. The number of carbonyl (C=O) groups is 2. The smallest absolute Gasteiger partial charge is 0.224 e. The summed E-state index contributed by atoms with van der Waals surface area (Å²) < 4.78 is 0. The number of Topliss-reactive ketones (excluding diaryl/α,β-unsaturated/α-hetero) is 1. The van der Waals surface area contributed by atoms with E-state index in [2.05, 4.69) is 11.2 Å². The molecular formula is C23H20N4O2. The lowest BCUT2D eigenvalue weighted by molar-refractivity contribution is -0.120. The fraction of sp³-hybridized carbons (Fsp3) is 0.174. The van der Waals surface area contributed by atoms with Crippen molar-refractivity contribution in [2.75, 3.05) is 29.2 Å². The number of ketones is 1. The van der Waals surface area contributed by atoms with E-state index in [1.165, 1.54) is 0 Å². The molecule has 1 heterocycles. The SMILES string of the molecule is C#Cc1cccc(NC(=O)CCC(=O)C(C#N)=C2N(C)c3ccccc3N2C)c1. The van der Waals surface area contributed by atoms with E-state index in [4.69, 9.17) is 6.42 Å². The van der Waals surface area contributed by atoms with Gasteiger partial charge >= 0.3 is 0 Å². The van der Waals surface area contributed by atoms with Gasteiger partial charge in [0.2, 0.25) is 5.91 Å². The number of hydrogen-bond donors (Lipinski definition) is 1. The van der Waals surface area contributed by atoms with Gasteiger partial charge in [-0.25, -0.2) is 0 Å². The fourth-order valence-electron chi connectivity index (χ4n) is 3.32. The van der Waals surface area contributed by atoms with Crippen molar-refractivity contribution >= 4 is 28.8 Å². The molecule has 0 aliphatic carbocycles. The molecule has 0 unspecified atom stereocenters. The normalized spacial score (nSPS) is 12.1. The molecule has 1 aliphatic rings. The second kappa shape index (κ2) is 8.33. The summed E-state index contributed by atoms with van der Waals surface area (Å²) in [5, 5.41) is 12.4. The molecule has 0 aromatic heterocycles. The molecule has 0 atom stereocenters. The number of rotatable bonds is 5. The third kappa shape index (κ3) is 3.97. The molecule has 6 nitrogen and oxygen atoms in total. The summed E-state index contributed by atoms with van der Waals surface area (Å²) in [7, 11) is 3.63. The number of nitrogens with zero attached hydrogens (tertiary/aromatic N) is 3. The van der Waals surface area contributed by atoms with Crippen LogP contribution >= 0.6 is 0 Å². The van der Waals surface area contributed by atoms with E-state index >= 15 is 0 Å². The lowest BCUT2D eigenvalue weighted by Crippen LogP contribution is -2.26. The maximum Gasteiger partial charge on any atom is 0.224 e. The van der Waals surface area contributed by atoms with Crippen LogP contribution in [0, 0.1) is 23.7 Å². The number of allylic oxidation sites excluding steroid dienone is 1. The van der Waals surface area contributed by atoms with E-state index in [0.29, 0.717) is 17.1 Å². The molecular weight excluding hydrogens is 364 g/mol. The third-order valence-electron chi connectivity index (χ3n) is 4.75. The van der Waals surface area contributed by atoms with Gasteiger partial charge in [-0.3, -0.25) is 9.59 Å². The van der Waals surface area contributed by atoms with Crippen molar-refractivity contribution in [3.63, 3.8) is 0 Å². The van der Waals surface area contributed by atoms with Gasteiger partial charge in [0.15, 0.2) is 5.78 Å². The minimum absolute atomic E-state index is 0.0298. The zero-order valence-corrected chi connectivity index (χ0v) is 16.3. The Balaban J connectivity index is 1.71. The number of terminal acetylenes is 1. The van der Waals surface area contributed by atoms with Gasteiger partial charge in [0.1, 0.15) is 17.5 Å². The first-order valence-corrected chi connectivity index (χ1v) is 9.07. The summed E-state index contributed by atoms with van der Waals surface area (Å²) in [5.41, 5.74) is 3.09. The van der Waals surface area contributed by atoms with Gasteiger partial charge in [0.05, 0.1) is 11.4 Å². The average molecular weight is 384 g/mol. The Kier molecular flexibility index (Phi) is 5.66. The minimum atomic E-state index is -0.374. The Labute approximate surface area is 170 Å². The molecule has 0 saturated carbocycles. The fourth-order valence-corrected chi connectivity index (χ4v) is 3.32. The second-order valence-corrected chi connectivity index (χ2v) is 6.61. The zero-order valence-electron chi connectivity index (χ0n) is 16.3. The van der Waals surface area contributed by atoms with E-state index in [0.717, 1.165) is 11.4 Å². The molecule has 0 bridgehead atoms. The number of fused-ring (bicyclic) bond motifs is 1. The molecule has 0 fully saturated rings. The maximum atomic E-state index is 12.7. The number of nitriles is 1. The van der Waals surface area contributed by atoms with Crippen molar-refractivity contribution in [1.29, 1.82) is 5.26 Å². The first-order chi connectivity index (χ1) is 14.0. The van der Waals surface area contributed by atoms with Crippen LogP contribution in [0.3, 0.4) is 0 Å². The van der Waals surface area contributed by atoms with Crippen LogP contribution in [0.1, 0.15) is 18.4 Å². The molecule has 1 amide bonds. The highest BCUT2D eigenvalue weighted by Gasteiger charge is 2.31. The van der Waals surface area contributed by atoms with Crippen molar-refractivity contribution in [2.45, 2.75) is 12.8 Å². The van der Waals surface area contributed by atoms with Crippen LogP contribution in [0.15, 0.2) is 59.9 Å². The minimum Gasteiger partial charge on any atom is -0.328 e. The first kappa shape index (κ1) is 19.7. The summed E-state index contributed by atoms with van der Waals surface area (Å²) in [6.07, 6.45) is 5.27. The molecule has 29 heavy (non-hydrogen) atoms. The number of carbonyl (C=O) groups excluding carboxylic acids is 2. The summed E-state index contributed by atoms with van der Waals surface area (Å²) in [6, 6.07) is 16.6. The van der Waals surface area contributed by atoms with Gasteiger partial charge in [-0.05, 0) is 30.3 Å². The standard InChI is InChI=1S/C23H20N4O2/c1-4-16-8-7-9-17(14-16)25-22(29)13-12-21(28)18(15-24)23-26(2)19-10-5-6-11-20(19)27(23)3/h1,5-11,14H,12-13H2,2-3H3,(H,25,29). The quantitative estimate of drug-likeness (QED) is 0.486. The number of hydrogen-bond acceptors (Lipinski definition) is 5. The van der Waals surface area contributed by atoms with E-state index < -0.39 is 0 Å². The predicted octanol–water partition coefficient (Wildman–Crippen LogP) is 3.28. The monoisotopic (exact) mass is 384 g/mol. The highest BCUT2D eigenvalue weighted by atomic mass is 16.2. The molecule has 6 heteroatoms. The van der Waals surface area contributed by atoms with Gasteiger partial charge in [0.25, 0.3) is 0 Å². The summed E-state index contributed by atoms with van der Waals surface area (Å²) >= 11 is 0. The van der Waals surface area contributed by atoms with Crippen LogP contribution in [0.2, 0.25) is 0 Å². The van der Waals surface area contributed by atoms with Crippen molar-refractivity contribution in [1.82, 2.24) is 0 Å². The highest BCUT2D eigenvalue weighted by molar-refractivity contribution is 6.04. The van der Waals surface area contributed by atoms with E-state index in [9.17, 15) is 14.9 Å². The Morgan fingerprint density at radius 1 is 1.03 bits per heavy atom. The molecule has 0 spiro atoms. The summed E-state index contributed by atoms with van der Waals surface area (Å²) in [4.78, 5) is 28.6. The number of para-hydroxylation sites is 2. The molecule has 2 aromatic rings. The second-order valence-electron chi connectivity index (χ2n) is 6.61. The molecule has 0 radical (unpaired) electrons. The molecule has 2 aromatic carbocycles. The van der Waals surface area contributed by atoms with Crippen molar-refractivity contribution < 1.29 is 9.59 Å². The van der Waals surface area contributed by atoms with E-state index in [-0.39, 0.29) is 30.1 Å². The number of amides is 1. The third-order valence-corrected chi connectivity index (χ3v) is 4.75. The van der Waals surface area contributed by atoms with Crippen LogP contribution in [0.5, 0.6) is 0 Å². The van der Waals surface area contributed by atoms with Gasteiger partial charge in [-0.2, -0.15) is 5.26 Å². The first-order valence-electron chi connectivity index (χ1n) is 9.07. The Morgan fingerprint density at radius 3 is 2.28 bits per heavy atom. The number of benzene rings is 2. The Hall–Kier alpha value is -4.03. The van der Waals surface area contributed by atoms with Crippen LogP contribution in [0.4, 0.5) is 17.1 Å². The summed E-state index contributed by atoms with van der Waals surface area (Å²) in [6.45, 7) is 0. The predicted molar refractivity (Wildman–Crippen MR) is 113 cm³/mol. The zero-order chi connectivity index (χ0) is 21.0. The van der Waals surface area contributed by atoms with E-state index in [1.54, 1.807) is 24.3 Å². The number of anilines is 3. The lowest BCUT2D eigenvalue weighted by atomic mass is 10.1. The largest absolute Gasteiger partial charge is 0.328 e. The van der Waals surface area contributed by atoms with Crippen molar-refractivity contribution in [3.05, 3.63) is 65.5 Å². The number of nitrogens with one attached hydrogen (secondary N) is 1. The molecule has 0 saturated heterocycles. The molecule has 1 N–H and O–H groups in total. The van der Waals surface area contributed by atoms with Crippen molar-refractivity contribution in [3.8, 4) is 18.4 Å². The van der Waals surface area contributed by atoms with Gasteiger partial charge in [0, 0.05) is 38.2 Å². The van der Waals surface area contributed by atoms with E-state index in [1.807, 2.05) is 54.2 Å². The van der Waals surface area contributed by atoms with Gasteiger partial charge in [-0.1, -0.05) is 24.1 Å². The Morgan fingerprint density at radius 2 is 1.69 bits per heavy atom. The topological polar surface area (TPSA) is 76.4 Å².